The number of aliphatic hydroxyl groups excluding tert-OH is 1. The lowest BCUT2D eigenvalue weighted by Crippen LogP contribution is -2.38. The average molecular weight is 449 g/mol. The Bertz CT molecular complexity index is 1090. The summed E-state index contributed by atoms with van der Waals surface area (Å²) in [6.45, 7) is 11.0. The lowest BCUT2D eigenvalue weighted by atomic mass is 9.94. The van der Waals surface area contributed by atoms with Crippen molar-refractivity contribution in [2.45, 2.75) is 46.3 Å². The Hall–Kier alpha value is -3.12. The van der Waals surface area contributed by atoms with E-state index in [-0.39, 0.29) is 17.4 Å². The number of hydrogen-bond acceptors (Lipinski definition) is 5. The van der Waals surface area contributed by atoms with Crippen LogP contribution in [0.2, 0.25) is 0 Å². The predicted octanol–water partition coefficient (Wildman–Crippen LogP) is 4.08. The summed E-state index contributed by atoms with van der Waals surface area (Å²) in [5.74, 6) is -0.532. The van der Waals surface area contributed by atoms with Gasteiger partial charge < -0.3 is 19.6 Å². The van der Waals surface area contributed by atoms with Crippen LogP contribution in [0.4, 0.5) is 0 Å². The van der Waals surface area contributed by atoms with Gasteiger partial charge in [0.1, 0.15) is 17.6 Å². The van der Waals surface area contributed by atoms with E-state index >= 15 is 0 Å². The van der Waals surface area contributed by atoms with Crippen LogP contribution in [-0.2, 0) is 16.0 Å². The van der Waals surface area contributed by atoms with Crippen LogP contribution in [0.3, 0.4) is 0 Å². The van der Waals surface area contributed by atoms with Crippen LogP contribution in [0.1, 0.15) is 49.1 Å². The van der Waals surface area contributed by atoms with Crippen molar-refractivity contribution >= 4 is 17.4 Å². The van der Waals surface area contributed by atoms with Crippen LogP contribution >= 0.6 is 0 Å². The number of aliphatic hydroxyl groups is 1. The van der Waals surface area contributed by atoms with E-state index < -0.39 is 17.7 Å². The molecule has 2 aromatic carbocycles. The molecule has 174 valence electrons. The van der Waals surface area contributed by atoms with Crippen molar-refractivity contribution in [2.75, 3.05) is 26.2 Å². The van der Waals surface area contributed by atoms with Crippen LogP contribution in [0.15, 0.2) is 48.0 Å². The maximum atomic E-state index is 13.2. The van der Waals surface area contributed by atoms with E-state index in [0.717, 1.165) is 42.0 Å². The number of benzene rings is 2. The highest BCUT2D eigenvalue weighted by Crippen LogP contribution is 2.40. The first-order valence-corrected chi connectivity index (χ1v) is 11.7. The summed E-state index contributed by atoms with van der Waals surface area (Å²) in [5, 5.41) is 11.3. The number of Topliss-reactive ketones (excluding diaryl/α,β-unsaturated/α-hetero) is 1. The molecule has 2 unspecified atom stereocenters. The molecule has 0 aliphatic carbocycles. The Kier molecular flexibility index (Phi) is 6.56. The molecule has 6 nitrogen and oxygen atoms in total. The van der Waals surface area contributed by atoms with Gasteiger partial charge in [0.2, 0.25) is 0 Å². The Labute approximate surface area is 195 Å². The van der Waals surface area contributed by atoms with Crippen molar-refractivity contribution in [3.63, 3.8) is 0 Å². The second kappa shape index (κ2) is 9.40. The highest BCUT2D eigenvalue weighted by molar-refractivity contribution is 6.46. The summed E-state index contributed by atoms with van der Waals surface area (Å²) >= 11 is 0. The Balaban J connectivity index is 1.77. The summed E-state index contributed by atoms with van der Waals surface area (Å²) in [4.78, 5) is 30.1. The molecule has 6 heteroatoms. The molecule has 0 radical (unpaired) electrons. The third kappa shape index (κ3) is 4.40. The molecule has 2 heterocycles. The minimum absolute atomic E-state index is 0.0793. The normalized spacial score (nSPS) is 21.5. The van der Waals surface area contributed by atoms with Gasteiger partial charge in [0, 0.05) is 25.1 Å². The molecular weight excluding hydrogens is 416 g/mol. The van der Waals surface area contributed by atoms with E-state index in [0.29, 0.717) is 18.7 Å². The van der Waals surface area contributed by atoms with Crippen molar-refractivity contribution in [2.24, 2.45) is 0 Å². The molecule has 1 fully saturated rings. The fourth-order valence-corrected chi connectivity index (χ4v) is 4.72. The smallest absolute Gasteiger partial charge is 0.295 e. The number of rotatable bonds is 7. The number of nitrogens with zero attached hydrogens (tertiary/aromatic N) is 2. The third-order valence-electron chi connectivity index (χ3n) is 6.65. The highest BCUT2D eigenvalue weighted by atomic mass is 16.5. The van der Waals surface area contributed by atoms with Gasteiger partial charge in [-0.05, 0) is 56.3 Å². The fraction of sp³-hybridized carbons (Fsp3) is 0.407. The largest absolute Gasteiger partial charge is 0.507 e. The van der Waals surface area contributed by atoms with Crippen molar-refractivity contribution in [1.82, 2.24) is 9.80 Å². The minimum Gasteiger partial charge on any atom is -0.507 e. The monoisotopic (exact) mass is 448 g/mol. The van der Waals surface area contributed by atoms with E-state index in [4.69, 9.17) is 4.74 Å². The van der Waals surface area contributed by atoms with E-state index in [1.165, 1.54) is 0 Å². The maximum absolute atomic E-state index is 13.2. The Morgan fingerprint density at radius 3 is 2.48 bits per heavy atom. The molecule has 1 N–H and O–H groups in total. The first-order valence-electron chi connectivity index (χ1n) is 11.7. The van der Waals surface area contributed by atoms with Crippen molar-refractivity contribution < 1.29 is 19.4 Å². The molecule has 2 atom stereocenters. The van der Waals surface area contributed by atoms with Gasteiger partial charge in [-0.3, -0.25) is 9.59 Å². The zero-order chi connectivity index (χ0) is 23.7. The number of amides is 1. The van der Waals surface area contributed by atoms with Crippen LogP contribution < -0.4 is 4.74 Å². The number of ketones is 1. The molecule has 2 aromatic rings. The molecule has 4 rings (SSSR count). The fourth-order valence-electron chi connectivity index (χ4n) is 4.72. The zero-order valence-electron chi connectivity index (χ0n) is 19.8. The molecule has 2 aliphatic heterocycles. The van der Waals surface area contributed by atoms with Gasteiger partial charge in [0.05, 0.1) is 11.6 Å². The van der Waals surface area contributed by atoms with Gasteiger partial charge in [-0.15, -0.1) is 0 Å². The number of fused-ring (bicyclic) bond motifs is 1. The van der Waals surface area contributed by atoms with E-state index in [2.05, 4.69) is 18.7 Å². The predicted molar refractivity (Wildman–Crippen MR) is 128 cm³/mol. The maximum Gasteiger partial charge on any atom is 0.295 e. The average Bonchev–Trinajstić information content (AvgIpc) is 3.30. The summed E-state index contributed by atoms with van der Waals surface area (Å²) in [5.41, 5.74) is 3.58. The van der Waals surface area contributed by atoms with Gasteiger partial charge in [-0.25, -0.2) is 0 Å². The SMILES string of the molecule is CCN(CC)CCN1C(=O)C(=O)/C(=C(/O)c2ccc3c(c2)CC(C)O3)C1c1ccc(C)cc1. The molecule has 33 heavy (non-hydrogen) atoms. The minimum atomic E-state index is -0.636. The molecule has 0 aromatic heterocycles. The van der Waals surface area contributed by atoms with Gasteiger partial charge >= 0.3 is 0 Å². The Morgan fingerprint density at radius 2 is 1.82 bits per heavy atom. The number of ether oxygens (including phenoxy) is 1. The number of carbonyl (C=O) groups is 2. The van der Waals surface area contributed by atoms with Gasteiger partial charge in [0.25, 0.3) is 11.7 Å². The van der Waals surface area contributed by atoms with Gasteiger partial charge in [-0.1, -0.05) is 43.7 Å². The van der Waals surface area contributed by atoms with Crippen molar-refractivity contribution in [1.29, 1.82) is 0 Å². The van der Waals surface area contributed by atoms with Crippen molar-refractivity contribution in [3.05, 3.63) is 70.3 Å². The number of carbonyl (C=O) groups excluding carboxylic acids is 2. The first-order chi connectivity index (χ1) is 15.8. The summed E-state index contributed by atoms with van der Waals surface area (Å²) < 4.78 is 5.77. The van der Waals surface area contributed by atoms with Crippen LogP contribution in [0.5, 0.6) is 5.75 Å². The number of likely N-dealkylation sites (N-methyl/N-ethyl adjacent to an activating group) is 1. The molecule has 0 bridgehead atoms. The number of aryl methyl sites for hydroxylation is 1. The second-order valence-electron chi connectivity index (χ2n) is 8.89. The van der Waals surface area contributed by atoms with Gasteiger partial charge in [0.15, 0.2) is 0 Å². The van der Waals surface area contributed by atoms with Gasteiger partial charge in [-0.2, -0.15) is 0 Å². The number of hydrogen-bond donors (Lipinski definition) is 1. The van der Waals surface area contributed by atoms with Crippen LogP contribution in [-0.4, -0.2) is 58.9 Å². The highest BCUT2D eigenvalue weighted by Gasteiger charge is 2.46. The summed E-state index contributed by atoms with van der Waals surface area (Å²) in [7, 11) is 0. The first kappa shape index (κ1) is 23.1. The third-order valence-corrected chi connectivity index (χ3v) is 6.65. The zero-order valence-corrected chi connectivity index (χ0v) is 19.8. The van der Waals surface area contributed by atoms with E-state index in [1.807, 2.05) is 50.2 Å². The summed E-state index contributed by atoms with van der Waals surface area (Å²) in [6, 6.07) is 12.6. The van der Waals surface area contributed by atoms with E-state index in [1.54, 1.807) is 11.0 Å². The van der Waals surface area contributed by atoms with Crippen LogP contribution in [0, 0.1) is 6.92 Å². The molecule has 1 amide bonds. The quantitative estimate of drug-likeness (QED) is 0.393. The lowest BCUT2D eigenvalue weighted by Gasteiger charge is -2.28. The Morgan fingerprint density at radius 1 is 1.12 bits per heavy atom. The lowest BCUT2D eigenvalue weighted by molar-refractivity contribution is -0.140. The standard InChI is InChI=1S/C27H32N2O4/c1-5-28(6-2)13-14-29-24(19-9-7-17(3)8-10-19)23(26(31)27(29)32)25(30)20-11-12-22-21(16-20)15-18(4)33-22/h7-12,16,18,24,30H,5-6,13-15H2,1-4H3/b25-23+. The van der Waals surface area contributed by atoms with E-state index in [9.17, 15) is 14.7 Å². The van der Waals surface area contributed by atoms with Crippen LogP contribution in [0.25, 0.3) is 5.76 Å². The molecule has 0 saturated carbocycles. The molecular formula is C27H32N2O4. The summed E-state index contributed by atoms with van der Waals surface area (Å²) in [6.07, 6.45) is 0.825. The molecule has 1 saturated heterocycles. The van der Waals surface area contributed by atoms with Crippen molar-refractivity contribution in [3.8, 4) is 5.75 Å². The second-order valence-corrected chi connectivity index (χ2v) is 8.89. The molecule has 2 aliphatic rings. The molecule has 0 spiro atoms. The number of likely N-dealkylation sites (tertiary alicyclic amines) is 1. The topological polar surface area (TPSA) is 70.1 Å².